The van der Waals surface area contributed by atoms with Gasteiger partial charge in [-0.25, -0.2) is 4.39 Å². The number of carbonyl (C=O) groups excluding carboxylic acids is 1. The first-order valence-electron chi connectivity index (χ1n) is 7.53. The zero-order valence-electron chi connectivity index (χ0n) is 12.7. The number of nitrogens with zero attached hydrogens (tertiary/aromatic N) is 1. The number of primary amides is 1. The molecular weight excluding hydrogens is 269 g/mol. The summed E-state index contributed by atoms with van der Waals surface area (Å²) in [5, 5.41) is 3.27. The molecule has 0 atom stereocenters. The van der Waals surface area contributed by atoms with Crippen molar-refractivity contribution in [2.45, 2.75) is 39.3 Å². The Bertz CT molecular complexity index is 496. The molecule has 0 radical (unpaired) electrons. The van der Waals surface area contributed by atoms with E-state index in [9.17, 15) is 9.18 Å². The molecule has 0 spiro atoms. The summed E-state index contributed by atoms with van der Waals surface area (Å²) < 4.78 is 14.3. The average Bonchev–Trinajstić information content (AvgIpc) is 2.45. The highest BCUT2D eigenvalue weighted by molar-refractivity contribution is 5.77. The first-order valence-corrected chi connectivity index (χ1v) is 7.53. The van der Waals surface area contributed by atoms with Crippen LogP contribution in [0.2, 0.25) is 0 Å². The molecule has 1 aliphatic rings. The standard InChI is InChI=1S/C16H24FN3O/c1-11(2)19-10-12-3-4-15(14(17)9-12)20-7-5-13(6-8-20)16(18)21/h3-4,9,11,13,19H,5-8,10H2,1-2H3,(H2,18,21). The van der Waals surface area contributed by atoms with E-state index in [1.807, 2.05) is 17.0 Å². The lowest BCUT2D eigenvalue weighted by Crippen LogP contribution is -2.38. The van der Waals surface area contributed by atoms with E-state index in [1.165, 1.54) is 0 Å². The number of rotatable bonds is 5. The molecule has 0 bridgehead atoms. The highest BCUT2D eigenvalue weighted by atomic mass is 19.1. The third-order valence-corrected chi connectivity index (χ3v) is 3.96. The number of amides is 1. The summed E-state index contributed by atoms with van der Waals surface area (Å²) >= 11 is 0. The lowest BCUT2D eigenvalue weighted by atomic mass is 9.96. The van der Waals surface area contributed by atoms with Crippen LogP contribution in [0.1, 0.15) is 32.3 Å². The van der Waals surface area contributed by atoms with Crippen molar-refractivity contribution in [2.24, 2.45) is 11.7 Å². The molecule has 1 amide bonds. The fraction of sp³-hybridized carbons (Fsp3) is 0.562. The van der Waals surface area contributed by atoms with Gasteiger partial charge in [-0.1, -0.05) is 19.9 Å². The Labute approximate surface area is 125 Å². The summed E-state index contributed by atoms with van der Waals surface area (Å²) in [6.45, 7) is 6.14. The Hall–Kier alpha value is -1.62. The largest absolute Gasteiger partial charge is 0.369 e. The Balaban J connectivity index is 1.99. The lowest BCUT2D eigenvalue weighted by molar-refractivity contribution is -0.122. The molecule has 3 N–H and O–H groups in total. The number of carbonyl (C=O) groups is 1. The van der Waals surface area contributed by atoms with Gasteiger partial charge in [0.05, 0.1) is 5.69 Å². The number of nitrogens with two attached hydrogens (primary N) is 1. The maximum atomic E-state index is 14.3. The zero-order valence-corrected chi connectivity index (χ0v) is 12.7. The van der Waals surface area contributed by atoms with Crippen molar-refractivity contribution < 1.29 is 9.18 Å². The smallest absolute Gasteiger partial charge is 0.220 e. The topological polar surface area (TPSA) is 58.4 Å². The summed E-state index contributed by atoms with van der Waals surface area (Å²) in [5.41, 5.74) is 6.88. The van der Waals surface area contributed by atoms with Crippen LogP contribution in [0.25, 0.3) is 0 Å². The maximum Gasteiger partial charge on any atom is 0.220 e. The summed E-state index contributed by atoms with van der Waals surface area (Å²) in [5.74, 6) is -0.514. The van der Waals surface area contributed by atoms with Gasteiger partial charge < -0.3 is 16.0 Å². The minimum absolute atomic E-state index is 0.0705. The van der Waals surface area contributed by atoms with Crippen molar-refractivity contribution in [1.29, 1.82) is 0 Å². The number of anilines is 1. The van der Waals surface area contributed by atoms with E-state index in [2.05, 4.69) is 19.2 Å². The van der Waals surface area contributed by atoms with Gasteiger partial charge in [0.25, 0.3) is 0 Å². The predicted molar refractivity (Wildman–Crippen MR) is 82.5 cm³/mol. The van der Waals surface area contributed by atoms with E-state index in [1.54, 1.807) is 6.07 Å². The van der Waals surface area contributed by atoms with Gasteiger partial charge in [-0.15, -0.1) is 0 Å². The number of benzene rings is 1. The number of piperidine rings is 1. The molecule has 0 unspecified atom stereocenters. The molecule has 21 heavy (non-hydrogen) atoms. The van der Waals surface area contributed by atoms with Crippen LogP contribution in [0.5, 0.6) is 0 Å². The van der Waals surface area contributed by atoms with Crippen molar-refractivity contribution in [3.8, 4) is 0 Å². The fourth-order valence-corrected chi connectivity index (χ4v) is 2.64. The number of hydrogen-bond donors (Lipinski definition) is 2. The third-order valence-electron chi connectivity index (χ3n) is 3.96. The Morgan fingerprint density at radius 3 is 2.62 bits per heavy atom. The summed E-state index contributed by atoms with van der Waals surface area (Å²) in [7, 11) is 0. The minimum atomic E-state index is -0.245. The van der Waals surface area contributed by atoms with Crippen molar-refractivity contribution in [1.82, 2.24) is 5.32 Å². The average molecular weight is 293 g/mol. The second kappa shape index (κ2) is 6.89. The van der Waals surface area contributed by atoms with Gasteiger partial charge in [0.2, 0.25) is 5.91 Å². The quantitative estimate of drug-likeness (QED) is 0.873. The van der Waals surface area contributed by atoms with E-state index in [-0.39, 0.29) is 17.6 Å². The fourth-order valence-electron chi connectivity index (χ4n) is 2.64. The normalized spacial score (nSPS) is 16.5. The van der Waals surface area contributed by atoms with Crippen LogP contribution in [-0.2, 0) is 11.3 Å². The van der Waals surface area contributed by atoms with E-state index in [0.29, 0.717) is 44.2 Å². The highest BCUT2D eigenvalue weighted by Crippen LogP contribution is 2.26. The maximum absolute atomic E-state index is 14.3. The highest BCUT2D eigenvalue weighted by Gasteiger charge is 2.24. The van der Waals surface area contributed by atoms with Crippen LogP contribution in [-0.4, -0.2) is 25.0 Å². The van der Waals surface area contributed by atoms with Crippen LogP contribution in [0.15, 0.2) is 18.2 Å². The van der Waals surface area contributed by atoms with E-state index < -0.39 is 0 Å². The molecule has 0 saturated carbocycles. The molecule has 0 aromatic heterocycles. The molecular formula is C16H24FN3O. The molecule has 116 valence electrons. The molecule has 1 aliphatic heterocycles. The van der Waals surface area contributed by atoms with Crippen LogP contribution in [0, 0.1) is 11.7 Å². The number of nitrogens with one attached hydrogen (secondary N) is 1. The molecule has 4 nitrogen and oxygen atoms in total. The van der Waals surface area contributed by atoms with Crippen molar-refractivity contribution in [2.75, 3.05) is 18.0 Å². The first-order chi connectivity index (χ1) is 9.97. The Morgan fingerprint density at radius 2 is 2.10 bits per heavy atom. The van der Waals surface area contributed by atoms with Gasteiger partial charge in [-0.3, -0.25) is 4.79 Å². The van der Waals surface area contributed by atoms with E-state index in [4.69, 9.17) is 5.73 Å². The molecule has 1 fully saturated rings. The van der Waals surface area contributed by atoms with E-state index in [0.717, 1.165) is 5.56 Å². The molecule has 1 aromatic rings. The summed E-state index contributed by atoms with van der Waals surface area (Å²) in [6.07, 6.45) is 1.40. The van der Waals surface area contributed by atoms with Crippen molar-refractivity contribution >= 4 is 11.6 Å². The molecule has 1 aromatic carbocycles. The Morgan fingerprint density at radius 1 is 1.43 bits per heavy atom. The first kappa shape index (κ1) is 15.8. The monoisotopic (exact) mass is 293 g/mol. The molecule has 0 aliphatic carbocycles. The van der Waals surface area contributed by atoms with Gasteiger partial charge in [-0.2, -0.15) is 0 Å². The van der Waals surface area contributed by atoms with Crippen LogP contribution in [0.3, 0.4) is 0 Å². The number of halogens is 1. The third kappa shape index (κ3) is 4.17. The Kier molecular flexibility index (Phi) is 5.17. The van der Waals surface area contributed by atoms with Gasteiger partial charge >= 0.3 is 0 Å². The van der Waals surface area contributed by atoms with Crippen LogP contribution < -0.4 is 16.0 Å². The van der Waals surface area contributed by atoms with Crippen molar-refractivity contribution in [3.63, 3.8) is 0 Å². The minimum Gasteiger partial charge on any atom is -0.369 e. The molecule has 5 heteroatoms. The molecule has 2 rings (SSSR count). The molecule has 1 heterocycles. The summed E-state index contributed by atoms with van der Waals surface area (Å²) in [4.78, 5) is 13.2. The van der Waals surface area contributed by atoms with Crippen LogP contribution in [0.4, 0.5) is 10.1 Å². The van der Waals surface area contributed by atoms with E-state index >= 15 is 0 Å². The van der Waals surface area contributed by atoms with Gasteiger partial charge in [0.15, 0.2) is 0 Å². The second-order valence-corrected chi connectivity index (χ2v) is 5.99. The number of hydrogen-bond acceptors (Lipinski definition) is 3. The van der Waals surface area contributed by atoms with Gasteiger partial charge in [-0.05, 0) is 30.5 Å². The molecule has 1 saturated heterocycles. The lowest BCUT2D eigenvalue weighted by Gasteiger charge is -2.32. The van der Waals surface area contributed by atoms with Crippen molar-refractivity contribution in [3.05, 3.63) is 29.6 Å². The van der Waals surface area contributed by atoms with Gasteiger partial charge in [0.1, 0.15) is 5.82 Å². The predicted octanol–water partition coefficient (Wildman–Crippen LogP) is 2.03. The SMILES string of the molecule is CC(C)NCc1ccc(N2CCC(C(N)=O)CC2)c(F)c1. The zero-order chi connectivity index (χ0) is 15.4. The van der Waals surface area contributed by atoms with Crippen LogP contribution >= 0.6 is 0 Å². The second-order valence-electron chi connectivity index (χ2n) is 5.99. The summed E-state index contributed by atoms with van der Waals surface area (Å²) in [6, 6.07) is 5.75. The van der Waals surface area contributed by atoms with Gasteiger partial charge in [0, 0.05) is 31.6 Å².